The lowest BCUT2D eigenvalue weighted by molar-refractivity contribution is 0.501. The molecule has 0 N–H and O–H groups in total. The Kier molecular flexibility index (Phi) is 2.15. The standard InChI is InChI=1S/C10H15Cl/c1-5-10(4)6-9(11)7(2)8(10)3/h6H,5H2,1-4H3. The molecule has 1 atom stereocenters. The molecule has 0 aromatic rings. The highest BCUT2D eigenvalue weighted by molar-refractivity contribution is 6.32. The first-order valence-corrected chi connectivity index (χ1v) is 4.45. The first-order chi connectivity index (χ1) is 5.01. The monoisotopic (exact) mass is 170 g/mol. The van der Waals surface area contributed by atoms with E-state index in [9.17, 15) is 0 Å². The molecule has 0 nitrogen and oxygen atoms in total. The van der Waals surface area contributed by atoms with Crippen molar-refractivity contribution in [3.05, 3.63) is 22.3 Å². The van der Waals surface area contributed by atoms with Crippen molar-refractivity contribution in [3.8, 4) is 0 Å². The fraction of sp³-hybridized carbons (Fsp3) is 0.600. The average Bonchev–Trinajstić information content (AvgIpc) is 2.17. The topological polar surface area (TPSA) is 0 Å². The summed E-state index contributed by atoms with van der Waals surface area (Å²) in [6.45, 7) is 8.70. The zero-order valence-electron chi connectivity index (χ0n) is 7.66. The third-order valence-corrected chi connectivity index (χ3v) is 3.35. The van der Waals surface area contributed by atoms with Crippen LogP contribution in [0.5, 0.6) is 0 Å². The minimum atomic E-state index is 0.223. The molecule has 62 valence electrons. The molecule has 1 aliphatic rings. The molecule has 11 heavy (non-hydrogen) atoms. The molecule has 0 fully saturated rings. The summed E-state index contributed by atoms with van der Waals surface area (Å²) < 4.78 is 0. The number of hydrogen-bond donors (Lipinski definition) is 0. The lowest BCUT2D eigenvalue weighted by Crippen LogP contribution is -2.10. The molecule has 0 aliphatic heterocycles. The number of hydrogen-bond acceptors (Lipinski definition) is 0. The van der Waals surface area contributed by atoms with Gasteiger partial charge in [0, 0.05) is 10.4 Å². The molecule has 0 bridgehead atoms. The molecule has 0 radical (unpaired) electrons. The maximum absolute atomic E-state index is 6.02. The Bertz CT molecular complexity index is 235. The second kappa shape index (κ2) is 2.67. The van der Waals surface area contributed by atoms with E-state index in [2.05, 4.69) is 33.8 Å². The van der Waals surface area contributed by atoms with Gasteiger partial charge in [0.15, 0.2) is 0 Å². The molecule has 1 unspecified atom stereocenters. The summed E-state index contributed by atoms with van der Waals surface area (Å²) in [7, 11) is 0. The molecule has 1 heteroatoms. The lowest BCUT2D eigenvalue weighted by atomic mass is 9.82. The third kappa shape index (κ3) is 1.24. The predicted molar refractivity (Wildman–Crippen MR) is 50.7 cm³/mol. The van der Waals surface area contributed by atoms with Crippen molar-refractivity contribution < 1.29 is 0 Å². The summed E-state index contributed by atoms with van der Waals surface area (Å²) in [6, 6.07) is 0. The van der Waals surface area contributed by atoms with Crippen molar-refractivity contribution in [3.63, 3.8) is 0 Å². The van der Waals surface area contributed by atoms with E-state index in [0.29, 0.717) is 0 Å². The van der Waals surface area contributed by atoms with Crippen molar-refractivity contribution in [2.45, 2.75) is 34.1 Å². The van der Waals surface area contributed by atoms with Gasteiger partial charge in [-0.1, -0.05) is 37.1 Å². The van der Waals surface area contributed by atoms with Crippen LogP contribution in [0.25, 0.3) is 0 Å². The first kappa shape index (κ1) is 8.86. The quantitative estimate of drug-likeness (QED) is 0.561. The molecule has 1 rings (SSSR count). The summed E-state index contributed by atoms with van der Waals surface area (Å²) >= 11 is 6.02. The molecule has 0 heterocycles. The molecule has 0 amide bonds. The van der Waals surface area contributed by atoms with Crippen LogP contribution in [0.3, 0.4) is 0 Å². The maximum atomic E-state index is 6.02. The van der Waals surface area contributed by atoms with Gasteiger partial charge in [-0.15, -0.1) is 0 Å². The largest absolute Gasteiger partial charge is 0.0844 e. The highest BCUT2D eigenvalue weighted by atomic mass is 35.5. The van der Waals surface area contributed by atoms with Gasteiger partial charge in [-0.05, 0) is 25.8 Å². The van der Waals surface area contributed by atoms with E-state index in [1.165, 1.54) is 11.1 Å². The van der Waals surface area contributed by atoms with E-state index in [1.54, 1.807) is 0 Å². The van der Waals surface area contributed by atoms with Crippen molar-refractivity contribution in [2.75, 3.05) is 0 Å². The van der Waals surface area contributed by atoms with Crippen molar-refractivity contribution in [1.29, 1.82) is 0 Å². The fourth-order valence-electron chi connectivity index (χ4n) is 1.47. The van der Waals surface area contributed by atoms with Crippen molar-refractivity contribution >= 4 is 11.6 Å². The van der Waals surface area contributed by atoms with E-state index in [4.69, 9.17) is 11.6 Å². The van der Waals surface area contributed by atoms with E-state index in [1.807, 2.05) is 0 Å². The first-order valence-electron chi connectivity index (χ1n) is 4.08. The fourth-order valence-corrected chi connectivity index (χ4v) is 1.85. The molecule has 0 spiro atoms. The highest BCUT2D eigenvalue weighted by Crippen LogP contribution is 2.43. The van der Waals surface area contributed by atoms with Gasteiger partial charge in [0.25, 0.3) is 0 Å². The summed E-state index contributed by atoms with van der Waals surface area (Å²) in [4.78, 5) is 0. The van der Waals surface area contributed by atoms with Crippen LogP contribution in [0.4, 0.5) is 0 Å². The van der Waals surface area contributed by atoms with Crippen LogP contribution in [0.1, 0.15) is 34.1 Å². The minimum absolute atomic E-state index is 0.223. The molecule has 0 saturated carbocycles. The predicted octanol–water partition coefficient (Wildman–Crippen LogP) is 3.88. The normalized spacial score (nSPS) is 31.2. The maximum Gasteiger partial charge on any atom is 0.0403 e. The van der Waals surface area contributed by atoms with Crippen molar-refractivity contribution in [2.24, 2.45) is 5.41 Å². The van der Waals surface area contributed by atoms with Gasteiger partial charge in [0.1, 0.15) is 0 Å². The second-order valence-electron chi connectivity index (χ2n) is 3.51. The molecule has 1 aliphatic carbocycles. The molecule has 0 saturated heterocycles. The summed E-state index contributed by atoms with van der Waals surface area (Å²) in [5.74, 6) is 0. The Morgan fingerprint density at radius 1 is 1.45 bits per heavy atom. The van der Waals surface area contributed by atoms with Gasteiger partial charge in [0.05, 0.1) is 0 Å². The van der Waals surface area contributed by atoms with Crippen LogP contribution in [0.2, 0.25) is 0 Å². The van der Waals surface area contributed by atoms with Gasteiger partial charge in [-0.2, -0.15) is 0 Å². The van der Waals surface area contributed by atoms with E-state index in [0.717, 1.165) is 11.5 Å². The van der Waals surface area contributed by atoms with Gasteiger partial charge in [-0.25, -0.2) is 0 Å². The Morgan fingerprint density at radius 3 is 2.18 bits per heavy atom. The highest BCUT2D eigenvalue weighted by Gasteiger charge is 2.29. The number of rotatable bonds is 1. The Hall–Kier alpha value is -0.230. The third-order valence-electron chi connectivity index (χ3n) is 2.96. The summed E-state index contributed by atoms with van der Waals surface area (Å²) in [6.07, 6.45) is 3.30. The zero-order valence-corrected chi connectivity index (χ0v) is 8.42. The summed E-state index contributed by atoms with van der Waals surface area (Å²) in [5.41, 5.74) is 2.90. The van der Waals surface area contributed by atoms with Gasteiger partial charge in [-0.3, -0.25) is 0 Å². The van der Waals surface area contributed by atoms with Crippen LogP contribution in [0.15, 0.2) is 22.3 Å². The van der Waals surface area contributed by atoms with E-state index < -0.39 is 0 Å². The zero-order chi connectivity index (χ0) is 8.65. The van der Waals surface area contributed by atoms with Crippen LogP contribution in [-0.2, 0) is 0 Å². The number of halogens is 1. The van der Waals surface area contributed by atoms with Crippen molar-refractivity contribution in [1.82, 2.24) is 0 Å². The smallest absolute Gasteiger partial charge is 0.0403 e. The molecular formula is C10H15Cl. The Morgan fingerprint density at radius 2 is 2.00 bits per heavy atom. The summed E-state index contributed by atoms with van der Waals surface area (Å²) in [5, 5.41) is 0.937. The van der Waals surface area contributed by atoms with E-state index in [-0.39, 0.29) is 5.41 Å². The van der Waals surface area contributed by atoms with Crippen LogP contribution in [-0.4, -0.2) is 0 Å². The number of allylic oxidation sites excluding steroid dienone is 4. The lowest BCUT2D eigenvalue weighted by Gasteiger charge is -2.21. The van der Waals surface area contributed by atoms with Crippen LogP contribution >= 0.6 is 11.6 Å². The minimum Gasteiger partial charge on any atom is -0.0844 e. The van der Waals surface area contributed by atoms with Gasteiger partial charge in [0.2, 0.25) is 0 Å². The molecular weight excluding hydrogens is 156 g/mol. The SMILES string of the molecule is CCC1(C)C=C(Cl)C(C)=C1C. The van der Waals surface area contributed by atoms with Crippen LogP contribution in [0, 0.1) is 5.41 Å². The van der Waals surface area contributed by atoms with Crippen LogP contribution < -0.4 is 0 Å². The van der Waals surface area contributed by atoms with Gasteiger partial charge >= 0.3 is 0 Å². The molecule has 0 aromatic heterocycles. The average molecular weight is 171 g/mol. The Balaban J connectivity index is 3.09. The van der Waals surface area contributed by atoms with E-state index >= 15 is 0 Å². The Labute approximate surface area is 73.9 Å². The van der Waals surface area contributed by atoms with Gasteiger partial charge < -0.3 is 0 Å². The second-order valence-corrected chi connectivity index (χ2v) is 3.92. The molecule has 0 aromatic carbocycles.